The molecule has 0 spiro atoms. The molecule has 4 aromatic rings. The van der Waals surface area contributed by atoms with E-state index >= 15 is 0 Å². The predicted octanol–water partition coefficient (Wildman–Crippen LogP) is 5.93. The van der Waals surface area contributed by atoms with Crippen LogP contribution in [-0.4, -0.2) is 16.5 Å². The number of hydrogen-bond acceptors (Lipinski definition) is 4. The summed E-state index contributed by atoms with van der Waals surface area (Å²) in [5, 5.41) is 8.15. The molecule has 0 unspecified atom stereocenters. The molecule has 5 heteroatoms. The van der Waals surface area contributed by atoms with Crippen LogP contribution in [0.1, 0.15) is 0 Å². The summed E-state index contributed by atoms with van der Waals surface area (Å²) >= 11 is 1.73. The van der Waals surface area contributed by atoms with E-state index in [0.717, 1.165) is 16.7 Å². The molecule has 128 valence electrons. The first-order valence-corrected chi connectivity index (χ1v) is 9.30. The summed E-state index contributed by atoms with van der Waals surface area (Å²) in [6.45, 7) is 0. The molecule has 0 amide bonds. The maximum atomic E-state index is 13.0. The first-order valence-electron chi connectivity index (χ1n) is 8.07. The maximum absolute atomic E-state index is 13.0. The SMILES string of the molecule is CSc1ccc(-c2ccc(-c3nnc(-c4ccc(F)cc4)o3)cc2)cc1. The number of nitrogens with zero attached hydrogens (tertiary/aromatic N) is 2. The molecule has 4 rings (SSSR count). The average molecular weight is 362 g/mol. The highest BCUT2D eigenvalue weighted by Crippen LogP contribution is 2.27. The van der Waals surface area contributed by atoms with E-state index in [1.165, 1.54) is 17.0 Å². The predicted molar refractivity (Wildman–Crippen MR) is 102 cm³/mol. The van der Waals surface area contributed by atoms with Crippen molar-refractivity contribution in [1.29, 1.82) is 0 Å². The summed E-state index contributed by atoms with van der Waals surface area (Å²) < 4.78 is 18.7. The van der Waals surface area contributed by atoms with Gasteiger partial charge in [-0.05, 0) is 65.9 Å². The van der Waals surface area contributed by atoms with Crippen molar-refractivity contribution in [2.24, 2.45) is 0 Å². The number of rotatable bonds is 4. The number of thioether (sulfide) groups is 1. The van der Waals surface area contributed by atoms with Gasteiger partial charge in [0.05, 0.1) is 0 Å². The average Bonchev–Trinajstić information content (AvgIpc) is 3.19. The van der Waals surface area contributed by atoms with Gasteiger partial charge in [-0.25, -0.2) is 4.39 Å². The lowest BCUT2D eigenvalue weighted by molar-refractivity contribution is 0.584. The fourth-order valence-corrected chi connectivity index (χ4v) is 3.05. The molecule has 1 heterocycles. The molecular weight excluding hydrogens is 347 g/mol. The van der Waals surface area contributed by atoms with Gasteiger partial charge in [-0.15, -0.1) is 22.0 Å². The third kappa shape index (κ3) is 3.39. The Morgan fingerprint density at radius 2 is 1.08 bits per heavy atom. The number of halogens is 1. The molecule has 3 nitrogen and oxygen atoms in total. The fraction of sp³-hybridized carbons (Fsp3) is 0.0476. The van der Waals surface area contributed by atoms with Crippen molar-refractivity contribution < 1.29 is 8.81 Å². The van der Waals surface area contributed by atoms with Crippen molar-refractivity contribution in [3.63, 3.8) is 0 Å². The Bertz CT molecular complexity index is 1010. The first kappa shape index (κ1) is 16.5. The highest BCUT2D eigenvalue weighted by atomic mass is 32.2. The van der Waals surface area contributed by atoms with Crippen LogP contribution in [-0.2, 0) is 0 Å². The zero-order chi connectivity index (χ0) is 17.9. The molecule has 0 aliphatic heterocycles. The van der Waals surface area contributed by atoms with Crippen LogP contribution in [0.25, 0.3) is 34.0 Å². The van der Waals surface area contributed by atoms with Crippen molar-refractivity contribution in [1.82, 2.24) is 10.2 Å². The van der Waals surface area contributed by atoms with Gasteiger partial charge >= 0.3 is 0 Å². The Hall–Kier alpha value is -2.92. The Labute approximate surface area is 154 Å². The van der Waals surface area contributed by atoms with Crippen molar-refractivity contribution >= 4 is 11.8 Å². The molecule has 0 saturated carbocycles. The van der Waals surface area contributed by atoms with E-state index in [1.807, 2.05) is 24.3 Å². The summed E-state index contributed by atoms with van der Waals surface area (Å²) in [6.07, 6.45) is 2.06. The summed E-state index contributed by atoms with van der Waals surface area (Å²) in [5.41, 5.74) is 3.82. The third-order valence-electron chi connectivity index (χ3n) is 4.07. The summed E-state index contributed by atoms with van der Waals surface area (Å²) in [7, 11) is 0. The smallest absolute Gasteiger partial charge is 0.248 e. The molecule has 0 aliphatic carbocycles. The van der Waals surface area contributed by atoms with Gasteiger partial charge in [-0.1, -0.05) is 24.3 Å². The second kappa shape index (κ2) is 7.14. The summed E-state index contributed by atoms with van der Waals surface area (Å²) in [6, 6.07) is 22.4. The lowest BCUT2D eigenvalue weighted by Gasteiger charge is -2.03. The van der Waals surface area contributed by atoms with E-state index in [2.05, 4.69) is 40.7 Å². The molecule has 26 heavy (non-hydrogen) atoms. The topological polar surface area (TPSA) is 38.9 Å². The molecule has 3 aromatic carbocycles. The van der Waals surface area contributed by atoms with E-state index in [4.69, 9.17) is 4.42 Å². The molecule has 0 N–H and O–H groups in total. The van der Waals surface area contributed by atoms with Crippen molar-refractivity contribution in [3.8, 4) is 34.0 Å². The van der Waals surface area contributed by atoms with Gasteiger partial charge in [-0.2, -0.15) is 0 Å². The molecule has 0 fully saturated rings. The van der Waals surface area contributed by atoms with Gasteiger partial charge in [0, 0.05) is 16.0 Å². The largest absolute Gasteiger partial charge is 0.416 e. The second-order valence-corrected chi connectivity index (χ2v) is 6.60. The zero-order valence-electron chi connectivity index (χ0n) is 14.0. The normalized spacial score (nSPS) is 10.8. The van der Waals surface area contributed by atoms with Crippen LogP contribution in [0, 0.1) is 5.82 Å². The molecule has 0 aliphatic rings. The van der Waals surface area contributed by atoms with Crippen LogP contribution in [0.4, 0.5) is 4.39 Å². The first-order chi connectivity index (χ1) is 12.7. The van der Waals surface area contributed by atoms with E-state index in [1.54, 1.807) is 23.9 Å². The van der Waals surface area contributed by atoms with E-state index in [0.29, 0.717) is 17.3 Å². The van der Waals surface area contributed by atoms with Crippen LogP contribution < -0.4 is 0 Å². The third-order valence-corrected chi connectivity index (χ3v) is 4.81. The van der Waals surface area contributed by atoms with Crippen molar-refractivity contribution in [3.05, 3.63) is 78.6 Å². The minimum Gasteiger partial charge on any atom is -0.416 e. The maximum Gasteiger partial charge on any atom is 0.248 e. The van der Waals surface area contributed by atoms with Gasteiger partial charge in [-0.3, -0.25) is 0 Å². The summed E-state index contributed by atoms with van der Waals surface area (Å²) in [4.78, 5) is 1.24. The Kier molecular flexibility index (Phi) is 4.54. The number of hydrogen-bond donors (Lipinski definition) is 0. The molecule has 0 radical (unpaired) electrons. The van der Waals surface area contributed by atoms with Gasteiger partial charge in [0.1, 0.15) is 5.82 Å². The van der Waals surface area contributed by atoms with Crippen LogP contribution in [0.3, 0.4) is 0 Å². The van der Waals surface area contributed by atoms with Crippen molar-refractivity contribution in [2.75, 3.05) is 6.26 Å². The van der Waals surface area contributed by atoms with Gasteiger partial charge < -0.3 is 4.42 Å². The van der Waals surface area contributed by atoms with Crippen LogP contribution in [0.5, 0.6) is 0 Å². The standard InChI is InChI=1S/C21H15FN2OS/c1-26-19-12-8-15(9-13-19)14-2-4-16(5-3-14)20-23-24-21(25-20)17-6-10-18(22)11-7-17/h2-13H,1H3. The van der Waals surface area contributed by atoms with Gasteiger partial charge in [0.2, 0.25) is 11.8 Å². The lowest BCUT2D eigenvalue weighted by Crippen LogP contribution is -1.81. The van der Waals surface area contributed by atoms with Crippen LogP contribution in [0.15, 0.2) is 82.1 Å². The Morgan fingerprint density at radius 1 is 0.654 bits per heavy atom. The van der Waals surface area contributed by atoms with E-state index in [9.17, 15) is 4.39 Å². The minimum absolute atomic E-state index is 0.297. The number of aromatic nitrogens is 2. The number of benzene rings is 3. The highest BCUT2D eigenvalue weighted by Gasteiger charge is 2.11. The fourth-order valence-electron chi connectivity index (χ4n) is 2.64. The lowest BCUT2D eigenvalue weighted by atomic mass is 10.0. The Balaban J connectivity index is 1.58. The minimum atomic E-state index is -0.297. The van der Waals surface area contributed by atoms with Gasteiger partial charge in [0.15, 0.2) is 0 Å². The summed E-state index contributed by atoms with van der Waals surface area (Å²) in [5.74, 6) is 0.514. The monoisotopic (exact) mass is 362 g/mol. The highest BCUT2D eigenvalue weighted by molar-refractivity contribution is 7.98. The molecule has 0 saturated heterocycles. The Morgan fingerprint density at radius 3 is 1.58 bits per heavy atom. The van der Waals surface area contributed by atoms with Crippen LogP contribution >= 0.6 is 11.8 Å². The van der Waals surface area contributed by atoms with Gasteiger partial charge in [0.25, 0.3) is 0 Å². The van der Waals surface area contributed by atoms with Crippen molar-refractivity contribution in [2.45, 2.75) is 4.90 Å². The molecular formula is C21H15FN2OS. The van der Waals surface area contributed by atoms with Crippen LogP contribution in [0.2, 0.25) is 0 Å². The quantitative estimate of drug-likeness (QED) is 0.422. The second-order valence-electron chi connectivity index (χ2n) is 5.73. The van der Waals surface area contributed by atoms with E-state index in [-0.39, 0.29) is 5.82 Å². The zero-order valence-corrected chi connectivity index (χ0v) is 14.8. The molecule has 1 aromatic heterocycles. The molecule has 0 atom stereocenters. The van der Waals surface area contributed by atoms with E-state index < -0.39 is 0 Å². The molecule has 0 bridgehead atoms.